The molecule has 2 atom stereocenters. The fourth-order valence-electron chi connectivity index (χ4n) is 2.53. The number of benzene rings is 1. The van der Waals surface area contributed by atoms with Crippen LogP contribution in [0.25, 0.3) is 0 Å². The summed E-state index contributed by atoms with van der Waals surface area (Å²) in [6.07, 6.45) is 2.26. The minimum Gasteiger partial charge on any atom is -0.376 e. The van der Waals surface area contributed by atoms with Crippen molar-refractivity contribution in [2.24, 2.45) is 0 Å². The molecule has 1 amide bonds. The Morgan fingerprint density at radius 3 is 2.91 bits per heavy atom. The molecule has 0 aliphatic carbocycles. The highest BCUT2D eigenvalue weighted by atomic mass is 35.5. The molecule has 1 fully saturated rings. The first-order chi connectivity index (χ1) is 10.5. The first-order valence-corrected chi connectivity index (χ1v) is 8.26. The van der Waals surface area contributed by atoms with Crippen molar-refractivity contribution in [3.8, 4) is 0 Å². The summed E-state index contributed by atoms with van der Waals surface area (Å²) in [6.45, 7) is 3.71. The molecular formula is C16H22Cl2N2O2. The highest BCUT2D eigenvalue weighted by Crippen LogP contribution is 2.28. The molecule has 1 heterocycles. The molecule has 0 saturated carbocycles. The van der Waals surface area contributed by atoms with Gasteiger partial charge in [-0.1, -0.05) is 29.3 Å². The van der Waals surface area contributed by atoms with Crippen LogP contribution in [0.5, 0.6) is 0 Å². The predicted octanol–water partition coefficient (Wildman–Crippen LogP) is 3.28. The second-order valence-electron chi connectivity index (χ2n) is 5.70. The van der Waals surface area contributed by atoms with Crippen molar-refractivity contribution < 1.29 is 9.53 Å². The number of hydrogen-bond acceptors (Lipinski definition) is 3. The summed E-state index contributed by atoms with van der Waals surface area (Å²) in [5.41, 5.74) is 0.959. The number of nitrogens with zero attached hydrogens (tertiary/aromatic N) is 1. The molecule has 1 aliphatic heterocycles. The van der Waals surface area contributed by atoms with Crippen LogP contribution in [-0.4, -0.2) is 43.7 Å². The highest BCUT2D eigenvalue weighted by molar-refractivity contribution is 6.35. The Labute approximate surface area is 141 Å². The molecule has 122 valence electrons. The number of likely N-dealkylation sites (N-methyl/N-ethyl adjacent to an activating group) is 1. The van der Waals surface area contributed by atoms with E-state index in [1.54, 1.807) is 6.07 Å². The Morgan fingerprint density at radius 1 is 1.50 bits per heavy atom. The van der Waals surface area contributed by atoms with Crippen LogP contribution in [0.15, 0.2) is 18.2 Å². The Hall–Kier alpha value is -0.810. The molecular weight excluding hydrogens is 323 g/mol. The van der Waals surface area contributed by atoms with Gasteiger partial charge >= 0.3 is 0 Å². The van der Waals surface area contributed by atoms with Crippen molar-refractivity contribution in [2.45, 2.75) is 31.9 Å². The maximum absolute atomic E-state index is 12.0. The molecule has 0 bridgehead atoms. The van der Waals surface area contributed by atoms with Crippen LogP contribution < -0.4 is 5.32 Å². The average Bonchev–Trinajstić information content (AvgIpc) is 2.97. The Balaban J connectivity index is 1.84. The van der Waals surface area contributed by atoms with Crippen molar-refractivity contribution in [2.75, 3.05) is 26.7 Å². The second kappa shape index (κ2) is 8.16. The van der Waals surface area contributed by atoms with Crippen molar-refractivity contribution in [3.63, 3.8) is 0 Å². The molecule has 6 heteroatoms. The fourth-order valence-corrected chi connectivity index (χ4v) is 3.10. The fraction of sp³-hybridized carbons (Fsp3) is 0.562. The Bertz CT molecular complexity index is 519. The van der Waals surface area contributed by atoms with E-state index in [1.807, 2.05) is 31.0 Å². The molecule has 0 radical (unpaired) electrons. The molecule has 1 N–H and O–H groups in total. The van der Waals surface area contributed by atoms with Crippen LogP contribution in [0, 0.1) is 0 Å². The topological polar surface area (TPSA) is 41.6 Å². The van der Waals surface area contributed by atoms with Gasteiger partial charge in [0.15, 0.2) is 0 Å². The third-order valence-electron chi connectivity index (χ3n) is 4.02. The van der Waals surface area contributed by atoms with E-state index >= 15 is 0 Å². The molecule has 1 aromatic carbocycles. The van der Waals surface area contributed by atoms with Crippen LogP contribution in [0.3, 0.4) is 0 Å². The van der Waals surface area contributed by atoms with Gasteiger partial charge in [-0.3, -0.25) is 9.69 Å². The van der Waals surface area contributed by atoms with E-state index in [1.165, 1.54) is 0 Å². The maximum atomic E-state index is 12.0. The van der Waals surface area contributed by atoms with Crippen LogP contribution in [0.1, 0.15) is 31.4 Å². The van der Waals surface area contributed by atoms with Crippen LogP contribution >= 0.6 is 23.2 Å². The number of ether oxygens (including phenoxy) is 1. The van der Waals surface area contributed by atoms with Crippen molar-refractivity contribution in [1.82, 2.24) is 10.2 Å². The molecule has 2 rings (SSSR count). The van der Waals surface area contributed by atoms with Crippen LogP contribution in [-0.2, 0) is 9.53 Å². The summed E-state index contributed by atoms with van der Waals surface area (Å²) in [7, 11) is 1.90. The number of halogens is 2. The third-order valence-corrected chi connectivity index (χ3v) is 4.58. The number of amides is 1. The zero-order valence-electron chi connectivity index (χ0n) is 12.9. The molecule has 0 aromatic heterocycles. The van der Waals surface area contributed by atoms with Gasteiger partial charge in [-0.2, -0.15) is 0 Å². The molecule has 1 aromatic rings. The lowest BCUT2D eigenvalue weighted by Gasteiger charge is -2.25. The number of hydrogen-bond donors (Lipinski definition) is 1. The minimum atomic E-state index is -0.00469. The first kappa shape index (κ1) is 17.5. The van der Waals surface area contributed by atoms with Crippen LogP contribution in [0.2, 0.25) is 10.0 Å². The smallest absolute Gasteiger partial charge is 0.234 e. The first-order valence-electron chi connectivity index (χ1n) is 7.51. The van der Waals surface area contributed by atoms with Gasteiger partial charge < -0.3 is 10.1 Å². The van der Waals surface area contributed by atoms with Gasteiger partial charge in [0.05, 0.1) is 12.6 Å². The predicted molar refractivity (Wildman–Crippen MR) is 89.5 cm³/mol. The summed E-state index contributed by atoms with van der Waals surface area (Å²) in [4.78, 5) is 14.0. The normalized spacial score (nSPS) is 19.4. The Kier molecular flexibility index (Phi) is 6.50. The van der Waals surface area contributed by atoms with Gasteiger partial charge in [-0.05, 0) is 44.5 Å². The molecule has 0 spiro atoms. The summed E-state index contributed by atoms with van der Waals surface area (Å²) >= 11 is 12.1. The van der Waals surface area contributed by atoms with Crippen LogP contribution in [0.4, 0.5) is 0 Å². The van der Waals surface area contributed by atoms with Crippen molar-refractivity contribution in [3.05, 3.63) is 33.8 Å². The average molecular weight is 345 g/mol. The third kappa shape index (κ3) is 4.85. The quantitative estimate of drug-likeness (QED) is 0.860. The van der Waals surface area contributed by atoms with E-state index in [-0.39, 0.29) is 18.1 Å². The van der Waals surface area contributed by atoms with Gasteiger partial charge in [0, 0.05) is 29.2 Å². The molecule has 1 saturated heterocycles. The number of carbonyl (C=O) groups is 1. The standard InChI is InChI=1S/C16H22Cl2N2O2/c1-11(14-6-5-12(17)8-15(14)18)20(2)10-16(21)19-9-13-4-3-7-22-13/h5-6,8,11,13H,3-4,7,9-10H2,1-2H3,(H,19,21). The molecule has 4 nitrogen and oxygen atoms in total. The van der Waals surface area contributed by atoms with Crippen molar-refractivity contribution in [1.29, 1.82) is 0 Å². The SMILES string of the molecule is CC(c1ccc(Cl)cc1Cl)N(C)CC(=O)NCC1CCCO1. The van der Waals surface area contributed by atoms with E-state index in [2.05, 4.69) is 5.32 Å². The summed E-state index contributed by atoms with van der Waals surface area (Å²) in [5, 5.41) is 4.15. The number of rotatable bonds is 6. The summed E-state index contributed by atoms with van der Waals surface area (Å²) in [5.74, 6) is -0.00469. The lowest BCUT2D eigenvalue weighted by atomic mass is 10.1. The number of nitrogens with one attached hydrogen (secondary N) is 1. The summed E-state index contributed by atoms with van der Waals surface area (Å²) < 4.78 is 5.49. The van der Waals surface area contributed by atoms with E-state index < -0.39 is 0 Å². The lowest BCUT2D eigenvalue weighted by molar-refractivity contribution is -0.122. The second-order valence-corrected chi connectivity index (χ2v) is 6.54. The van der Waals surface area contributed by atoms with Gasteiger partial charge in [0.2, 0.25) is 5.91 Å². The zero-order chi connectivity index (χ0) is 16.1. The Morgan fingerprint density at radius 2 is 2.27 bits per heavy atom. The van der Waals surface area contributed by atoms with E-state index in [4.69, 9.17) is 27.9 Å². The highest BCUT2D eigenvalue weighted by Gasteiger charge is 2.19. The minimum absolute atomic E-state index is 0.00469. The van der Waals surface area contributed by atoms with Crippen molar-refractivity contribution >= 4 is 29.1 Å². The monoisotopic (exact) mass is 344 g/mol. The number of carbonyl (C=O) groups excluding carboxylic acids is 1. The maximum Gasteiger partial charge on any atom is 0.234 e. The van der Waals surface area contributed by atoms with Gasteiger partial charge in [-0.25, -0.2) is 0 Å². The van der Waals surface area contributed by atoms with Gasteiger partial charge in [0.1, 0.15) is 0 Å². The molecule has 2 unspecified atom stereocenters. The van der Waals surface area contributed by atoms with Gasteiger partial charge in [-0.15, -0.1) is 0 Å². The van der Waals surface area contributed by atoms with E-state index in [9.17, 15) is 4.79 Å². The summed E-state index contributed by atoms with van der Waals surface area (Å²) in [6, 6.07) is 5.46. The largest absolute Gasteiger partial charge is 0.376 e. The van der Waals surface area contributed by atoms with E-state index in [0.717, 1.165) is 25.0 Å². The lowest BCUT2D eigenvalue weighted by Crippen LogP contribution is -2.39. The zero-order valence-corrected chi connectivity index (χ0v) is 14.5. The molecule has 1 aliphatic rings. The molecule has 22 heavy (non-hydrogen) atoms. The van der Waals surface area contributed by atoms with E-state index in [0.29, 0.717) is 23.1 Å². The van der Waals surface area contributed by atoms with Gasteiger partial charge in [0.25, 0.3) is 0 Å².